The molecule has 8 unspecified atom stereocenters. The van der Waals surface area contributed by atoms with Crippen LogP contribution in [0.3, 0.4) is 0 Å². The number of unbranched alkanes of at least 4 members (excludes halogenated alkanes) is 52. The van der Waals surface area contributed by atoms with Gasteiger partial charge in [0.15, 0.2) is 21.0 Å². The minimum Gasteiger partial charge on any atom is -0.747 e. The largest absolute Gasteiger partial charge is 1.00 e. The number of carboxylic acid groups (broad SMARTS) is 12. The Balaban J connectivity index is -0.000000292. The molecule has 8 atom stereocenters. The molecule has 0 aliphatic heterocycles. The Hall–Kier alpha value is -4.84. The molecule has 0 aliphatic carbocycles. The number of hydrogen-bond acceptors (Lipinski definition) is 28. The molecule has 0 heterocycles. The molecule has 0 aromatic heterocycles. The number of amides is 4. The summed E-state index contributed by atoms with van der Waals surface area (Å²) in [5, 5.41) is 107. The molecule has 0 aromatic carbocycles. The molecule has 4 amide bonds. The molecule has 44 nitrogen and oxygen atoms in total. The molecule has 0 saturated carbocycles. The smallest absolute Gasteiger partial charge is 0.747 e. The fraction of sp³-hybridized carbons (Fsp3) is 0.833. The molecule has 0 aromatic rings. The van der Waals surface area contributed by atoms with E-state index in [1.807, 2.05) is 0 Å². The monoisotopic (exact) mass is 2240 g/mol. The summed E-state index contributed by atoms with van der Waals surface area (Å²) in [7, 11) is -20.3. The van der Waals surface area contributed by atoms with E-state index in [-0.39, 0.29) is 144 Å². The van der Waals surface area contributed by atoms with E-state index in [1.54, 1.807) is 0 Å². The van der Waals surface area contributed by atoms with Crippen molar-refractivity contribution >= 4 is 136 Å². The van der Waals surface area contributed by atoms with Crippen LogP contribution in [0.15, 0.2) is 0 Å². The normalized spacial score (nSPS) is 12.8. The van der Waals surface area contributed by atoms with Gasteiger partial charge >= 0.3 is 190 Å². The second-order valence-corrected chi connectivity index (χ2v) is 43.2. The van der Waals surface area contributed by atoms with Crippen molar-refractivity contribution in [2.45, 2.75) is 458 Å². The molecule has 148 heavy (non-hydrogen) atoms. The Kier molecular flexibility index (Phi) is 108. The third-order valence-corrected chi connectivity index (χ3v) is 28.5. The van der Waals surface area contributed by atoms with Gasteiger partial charge in [-0.25, -0.2) is 33.7 Å². The number of aliphatic carboxylic acids is 12. The molecule has 0 fully saturated rings. The SMILES string of the molecule is O=C(O)CC(CCCCCCCCCCCCCCCCNC(=O)CC(C(=O)O)S(=O)(=O)[O-])C(=O)O.O=C(O)CC(CCCCCCCCCCCCCCCCNC(=O)CC(C(=O)O)S(=O)(=O)[O-])C(=O)O.O=C(O)CC(CCCCCCCCCCCCCCCCNC(=O)CC(C(=O)O)S(=O)(=O)[O-])C(=O)O.O=C(O)CC(CCCCCCCCCCCCCCCCNC(=O)CC(C(=O)O)S(=O)(=O)[O-])C(=O)O.[Na+].[Na+].[Na+].[Na+]. The van der Waals surface area contributed by atoms with Gasteiger partial charge in [0, 0.05) is 26.2 Å². The summed E-state index contributed by atoms with van der Waals surface area (Å²) in [6.45, 7) is 1.25. The molecular weight excluding hydrogens is 2070 g/mol. The summed E-state index contributed by atoms with van der Waals surface area (Å²) in [5.74, 6) is -21.9. The van der Waals surface area contributed by atoms with E-state index in [2.05, 4.69) is 21.3 Å². The molecule has 0 bridgehead atoms. The first-order valence-electron chi connectivity index (χ1n) is 51.3. The molecule has 0 spiro atoms. The quantitative estimate of drug-likeness (QED) is 0.0235. The van der Waals surface area contributed by atoms with Gasteiger partial charge < -0.3 is 101 Å². The maximum absolute atomic E-state index is 11.6. The molecule has 0 radical (unpaired) electrons. The first-order valence-corrected chi connectivity index (χ1v) is 57.2. The van der Waals surface area contributed by atoms with E-state index in [1.165, 1.54) is 77.0 Å². The summed E-state index contributed by atoms with van der Waals surface area (Å²) in [6, 6.07) is 0. The van der Waals surface area contributed by atoms with Gasteiger partial charge in [0.1, 0.15) is 40.5 Å². The first kappa shape index (κ1) is 158. The average molecular weight is 2240 g/mol. The molecule has 0 aliphatic rings. The van der Waals surface area contributed by atoms with E-state index in [0.29, 0.717) is 77.5 Å². The predicted octanol–water partition coefficient (Wildman–Crippen LogP) is 2.09. The summed E-state index contributed by atoms with van der Waals surface area (Å²) in [4.78, 5) is 176. The molecule has 52 heteroatoms. The van der Waals surface area contributed by atoms with Crippen LogP contribution in [0.25, 0.3) is 0 Å². The van der Waals surface area contributed by atoms with Crippen LogP contribution >= 0.6 is 0 Å². The van der Waals surface area contributed by atoms with Gasteiger partial charge in [0.05, 0.1) is 75.0 Å². The van der Waals surface area contributed by atoms with Gasteiger partial charge in [-0.15, -0.1) is 0 Å². The van der Waals surface area contributed by atoms with E-state index in [4.69, 9.17) is 61.3 Å². The Bertz CT molecular complexity index is 3610. The molecule has 0 saturated heterocycles. The van der Waals surface area contributed by atoms with E-state index in [0.717, 1.165) is 257 Å². The topological polar surface area (TPSA) is 793 Å². The standard InChI is InChI=1S/4C24H43NO10S.4Na/c4*26-21(18-20(24(31)32)36(33,34)35)25-16-14-12-10-8-6-4-2-1-3-5-7-9-11-13-15-19(23(29)30)17-22(27)28;;;;/h4*19-20H,1-18H2,(H,25,26)(H,27,28)(H,29,30)(H,31,32)(H,33,34,35);;;;/q;;;;4*+1/p-4. The van der Waals surface area contributed by atoms with Crippen molar-refractivity contribution in [2.75, 3.05) is 26.2 Å². The Morgan fingerprint density at radius 2 is 0.264 bits per heavy atom. The summed E-state index contributed by atoms with van der Waals surface area (Å²) >= 11 is 0. The third kappa shape index (κ3) is 104. The van der Waals surface area contributed by atoms with Crippen LogP contribution < -0.4 is 139 Å². The van der Waals surface area contributed by atoms with Crippen LogP contribution in [0.4, 0.5) is 0 Å². The summed E-state index contributed by atoms with van der Waals surface area (Å²) in [6.07, 6.45) is 54.9. The number of carboxylic acids is 12. The number of nitrogens with one attached hydrogen (secondary N) is 4. The molecular formula is C96H168N4Na4O40S4. The molecule has 840 valence electrons. The Morgan fingerprint density at radius 1 is 0.162 bits per heavy atom. The van der Waals surface area contributed by atoms with Gasteiger partial charge in [-0.3, -0.25) is 76.7 Å². The van der Waals surface area contributed by atoms with Crippen molar-refractivity contribution in [1.29, 1.82) is 0 Å². The van der Waals surface area contributed by atoms with Crippen LogP contribution in [0.1, 0.15) is 437 Å². The number of hydrogen-bond donors (Lipinski definition) is 16. The second kappa shape index (κ2) is 101. The maximum atomic E-state index is 11.6. The first-order chi connectivity index (χ1) is 67.8. The van der Waals surface area contributed by atoms with Gasteiger partial charge in [0.2, 0.25) is 23.6 Å². The van der Waals surface area contributed by atoms with Crippen molar-refractivity contribution in [3.05, 3.63) is 0 Å². The van der Waals surface area contributed by atoms with Crippen molar-refractivity contribution in [3.8, 4) is 0 Å². The van der Waals surface area contributed by atoms with Crippen LogP contribution in [0, 0.1) is 23.7 Å². The van der Waals surface area contributed by atoms with Crippen LogP contribution in [-0.4, -0.2) is 256 Å². The Morgan fingerprint density at radius 3 is 0.351 bits per heavy atom. The summed E-state index contributed by atoms with van der Waals surface area (Å²) < 4.78 is 130. The Labute approximate surface area is 963 Å². The van der Waals surface area contributed by atoms with Crippen molar-refractivity contribution in [3.63, 3.8) is 0 Å². The fourth-order valence-electron chi connectivity index (χ4n) is 15.8. The number of rotatable bonds is 96. The fourth-order valence-corrected chi connectivity index (χ4v) is 18.2. The van der Waals surface area contributed by atoms with Gasteiger partial charge in [-0.2, -0.15) is 0 Å². The molecule has 0 rings (SSSR count). The van der Waals surface area contributed by atoms with E-state index >= 15 is 0 Å². The van der Waals surface area contributed by atoms with Crippen LogP contribution in [0.5, 0.6) is 0 Å². The molecule has 16 N–H and O–H groups in total. The minimum absolute atomic E-state index is 0. The number of carbonyl (C=O) groups is 16. The van der Waals surface area contributed by atoms with Crippen molar-refractivity contribution in [2.24, 2.45) is 23.7 Å². The maximum Gasteiger partial charge on any atom is 1.00 e. The van der Waals surface area contributed by atoms with Gasteiger partial charge in [0.25, 0.3) is 0 Å². The average Bonchev–Trinajstić information content (AvgIpc) is 0.874. The van der Waals surface area contributed by atoms with E-state index < -0.39 is 206 Å². The third-order valence-electron chi connectivity index (χ3n) is 24.3. The number of carbonyl (C=O) groups excluding carboxylic acids is 4. The minimum atomic E-state index is -5.07. The van der Waals surface area contributed by atoms with Gasteiger partial charge in [-0.05, 0) is 51.4 Å². The van der Waals surface area contributed by atoms with Crippen LogP contribution in [-0.2, 0) is 117 Å². The van der Waals surface area contributed by atoms with Crippen LogP contribution in [0.2, 0.25) is 0 Å². The van der Waals surface area contributed by atoms with Crippen molar-refractivity contribution in [1.82, 2.24) is 21.3 Å². The summed E-state index contributed by atoms with van der Waals surface area (Å²) in [5.41, 5.74) is 0. The zero-order valence-electron chi connectivity index (χ0n) is 88.0. The second-order valence-electron chi connectivity index (χ2n) is 37.0. The van der Waals surface area contributed by atoms with Gasteiger partial charge in [-0.1, -0.05) is 334 Å². The van der Waals surface area contributed by atoms with E-state index in [9.17, 15) is 129 Å². The zero-order valence-corrected chi connectivity index (χ0v) is 99.2. The van der Waals surface area contributed by atoms with Crippen molar-refractivity contribution < 1.29 is 308 Å². The predicted molar refractivity (Wildman–Crippen MR) is 526 cm³/mol. The zero-order chi connectivity index (χ0) is 110.